The molecule has 1 saturated carbocycles. The lowest BCUT2D eigenvalue weighted by Crippen LogP contribution is -2.53. The number of aromatic nitrogens is 1. The molecule has 1 aliphatic carbocycles. The van der Waals surface area contributed by atoms with E-state index in [4.69, 9.17) is 4.74 Å². The Kier molecular flexibility index (Phi) is 8.80. The molecule has 3 rings (SSSR count). The van der Waals surface area contributed by atoms with Crippen LogP contribution in [0, 0.1) is 11.3 Å². The summed E-state index contributed by atoms with van der Waals surface area (Å²) in [6.07, 6.45) is 5.70. The van der Waals surface area contributed by atoms with Crippen LogP contribution in [0.25, 0.3) is 5.57 Å². The Morgan fingerprint density at radius 2 is 1.94 bits per heavy atom. The van der Waals surface area contributed by atoms with Crippen LogP contribution in [0.15, 0.2) is 48.7 Å². The number of pyridine rings is 1. The van der Waals surface area contributed by atoms with Gasteiger partial charge in [0.1, 0.15) is 0 Å². The van der Waals surface area contributed by atoms with Crippen molar-refractivity contribution in [1.29, 1.82) is 0 Å². The first-order valence-electron chi connectivity index (χ1n) is 12.2. The van der Waals surface area contributed by atoms with Crippen LogP contribution in [0.1, 0.15) is 44.6 Å². The van der Waals surface area contributed by atoms with Gasteiger partial charge in [-0.2, -0.15) is 13.2 Å². The zero-order chi connectivity index (χ0) is 25.6. The maximum atomic E-state index is 13.4. The minimum atomic E-state index is -4.11. The van der Waals surface area contributed by atoms with E-state index in [1.807, 2.05) is 17.9 Å². The molecule has 2 aliphatic rings. The predicted octanol–water partition coefficient (Wildman–Crippen LogP) is 5.51. The average molecular weight is 492 g/mol. The summed E-state index contributed by atoms with van der Waals surface area (Å²) in [5, 5.41) is 0. The molecule has 1 aliphatic heterocycles. The molecule has 0 atom stereocenters. The largest absolute Gasteiger partial charge is 0.477 e. The van der Waals surface area contributed by atoms with E-state index < -0.39 is 11.6 Å². The third kappa shape index (κ3) is 6.75. The van der Waals surface area contributed by atoms with Crippen LogP contribution < -0.4 is 4.74 Å². The first kappa shape index (κ1) is 27.0. The summed E-state index contributed by atoms with van der Waals surface area (Å²) in [4.78, 5) is 20.0. The van der Waals surface area contributed by atoms with Gasteiger partial charge >= 0.3 is 6.18 Å². The Hall–Kier alpha value is -2.61. The number of halogens is 3. The van der Waals surface area contributed by atoms with Crippen molar-refractivity contribution in [2.45, 2.75) is 45.2 Å². The molecule has 192 valence electrons. The van der Waals surface area contributed by atoms with Gasteiger partial charge in [-0.25, -0.2) is 4.98 Å². The van der Waals surface area contributed by atoms with E-state index in [0.717, 1.165) is 24.0 Å². The fourth-order valence-electron chi connectivity index (χ4n) is 4.57. The minimum Gasteiger partial charge on any atom is -0.477 e. The molecule has 1 amide bonds. The second-order valence-electron chi connectivity index (χ2n) is 9.85. The van der Waals surface area contributed by atoms with Gasteiger partial charge in [0, 0.05) is 38.5 Å². The van der Waals surface area contributed by atoms with Gasteiger partial charge in [0.05, 0.1) is 12.0 Å². The normalized spacial score (nSPS) is 19.4. The zero-order valence-electron chi connectivity index (χ0n) is 20.9. The second-order valence-corrected chi connectivity index (χ2v) is 9.85. The standard InChI is InChI=1S/C27H36F3N3O2/c1-5-22(25(34)32(3)4)8-7-20(2)23-9-10-24(31-17-23)35-18-21-11-15-33(16-12-21)19-26(13-6-14-26)27(28,29)30/h5,7-10,17,21H,2,6,11-16,18-19H2,1,3-4H3/b8-7-,22-5+. The van der Waals surface area contributed by atoms with Gasteiger partial charge in [-0.15, -0.1) is 0 Å². The monoisotopic (exact) mass is 491 g/mol. The van der Waals surface area contributed by atoms with E-state index in [2.05, 4.69) is 11.6 Å². The Morgan fingerprint density at radius 3 is 2.43 bits per heavy atom. The number of rotatable bonds is 9. The number of carbonyl (C=O) groups excluding carboxylic acids is 1. The van der Waals surface area contributed by atoms with Crippen molar-refractivity contribution < 1.29 is 22.7 Å². The third-order valence-electron chi connectivity index (χ3n) is 7.15. The number of likely N-dealkylation sites (tertiary alicyclic amines) is 1. The lowest BCUT2D eigenvalue weighted by atomic mass is 9.67. The van der Waals surface area contributed by atoms with Crippen LogP contribution in [-0.2, 0) is 4.79 Å². The highest BCUT2D eigenvalue weighted by atomic mass is 19.4. The van der Waals surface area contributed by atoms with Crippen LogP contribution in [0.2, 0.25) is 0 Å². The van der Waals surface area contributed by atoms with Crippen LogP contribution in [0.5, 0.6) is 5.88 Å². The summed E-state index contributed by atoms with van der Waals surface area (Å²) in [7, 11) is 3.41. The van der Waals surface area contributed by atoms with E-state index >= 15 is 0 Å². The average Bonchev–Trinajstić information content (AvgIpc) is 2.80. The Bertz CT molecular complexity index is 939. The molecule has 0 spiro atoms. The summed E-state index contributed by atoms with van der Waals surface area (Å²) in [5.74, 6) is 0.741. The molecule has 5 nitrogen and oxygen atoms in total. The van der Waals surface area contributed by atoms with Crippen LogP contribution in [-0.4, -0.2) is 67.2 Å². The van der Waals surface area contributed by atoms with Gasteiger partial charge in [0.25, 0.3) is 5.91 Å². The molecule has 0 aromatic carbocycles. The van der Waals surface area contributed by atoms with Crippen molar-refractivity contribution in [3.05, 3.63) is 54.3 Å². The molecule has 2 fully saturated rings. The van der Waals surface area contributed by atoms with Gasteiger partial charge in [0.15, 0.2) is 0 Å². The van der Waals surface area contributed by atoms with Gasteiger partial charge < -0.3 is 14.5 Å². The lowest BCUT2D eigenvalue weighted by molar-refractivity contribution is -0.256. The quantitative estimate of drug-likeness (QED) is 0.338. The number of hydrogen-bond acceptors (Lipinski definition) is 4. The van der Waals surface area contributed by atoms with Crippen LogP contribution in [0.3, 0.4) is 0 Å². The Balaban J connectivity index is 1.44. The topological polar surface area (TPSA) is 45.7 Å². The van der Waals surface area contributed by atoms with Crippen LogP contribution in [0.4, 0.5) is 13.2 Å². The number of alkyl halides is 3. The molecular weight excluding hydrogens is 455 g/mol. The maximum Gasteiger partial charge on any atom is 0.395 e. The molecule has 2 heterocycles. The van der Waals surface area contributed by atoms with E-state index in [9.17, 15) is 18.0 Å². The maximum absolute atomic E-state index is 13.4. The SMILES string of the molecule is C=C(/C=C\C(=C/C)C(=O)N(C)C)c1ccc(OCC2CCN(CC3(C(F)(F)F)CCC3)CC2)nc1. The number of carbonyl (C=O) groups is 1. The van der Waals surface area contributed by atoms with Crippen molar-refractivity contribution in [2.24, 2.45) is 11.3 Å². The molecule has 8 heteroatoms. The first-order chi connectivity index (χ1) is 16.5. The molecule has 0 bridgehead atoms. The predicted molar refractivity (Wildman–Crippen MR) is 132 cm³/mol. The second kappa shape index (κ2) is 11.4. The van der Waals surface area contributed by atoms with Gasteiger partial charge in [-0.1, -0.05) is 25.2 Å². The van der Waals surface area contributed by atoms with Crippen molar-refractivity contribution in [3.63, 3.8) is 0 Å². The molecule has 35 heavy (non-hydrogen) atoms. The van der Waals surface area contributed by atoms with Crippen LogP contribution >= 0.6 is 0 Å². The number of likely N-dealkylation sites (N-methyl/N-ethyl adjacent to an activating group) is 1. The highest BCUT2D eigenvalue weighted by Gasteiger charge is 2.58. The molecule has 0 unspecified atom stereocenters. The number of allylic oxidation sites excluding steroid dienone is 3. The zero-order valence-corrected chi connectivity index (χ0v) is 20.9. The lowest BCUT2D eigenvalue weighted by Gasteiger charge is -2.47. The number of piperidine rings is 1. The van der Waals surface area contributed by atoms with Crippen molar-refractivity contribution >= 4 is 11.5 Å². The van der Waals surface area contributed by atoms with Gasteiger partial charge in [-0.05, 0) is 74.9 Å². The van der Waals surface area contributed by atoms with Gasteiger partial charge in [-0.3, -0.25) is 4.79 Å². The Labute approximate surface area is 206 Å². The molecule has 1 aromatic heterocycles. The number of hydrogen-bond donors (Lipinski definition) is 0. The number of nitrogens with zero attached hydrogens (tertiary/aromatic N) is 3. The minimum absolute atomic E-state index is 0.0767. The number of ether oxygens (including phenoxy) is 1. The highest BCUT2D eigenvalue weighted by molar-refractivity contribution is 5.96. The third-order valence-corrected chi connectivity index (χ3v) is 7.15. The summed E-state index contributed by atoms with van der Waals surface area (Å²) in [6.45, 7) is 7.84. The fraction of sp³-hybridized carbons (Fsp3) is 0.556. The first-order valence-corrected chi connectivity index (χ1v) is 12.2. The molecule has 0 N–H and O–H groups in total. The summed E-state index contributed by atoms with van der Waals surface area (Å²) >= 11 is 0. The molecular formula is C27H36F3N3O2. The summed E-state index contributed by atoms with van der Waals surface area (Å²) < 4.78 is 46.2. The summed E-state index contributed by atoms with van der Waals surface area (Å²) in [6, 6.07) is 3.66. The van der Waals surface area contributed by atoms with E-state index in [1.165, 1.54) is 4.90 Å². The Morgan fingerprint density at radius 1 is 1.26 bits per heavy atom. The summed E-state index contributed by atoms with van der Waals surface area (Å²) in [5.41, 5.74) is 0.642. The fourth-order valence-corrected chi connectivity index (χ4v) is 4.57. The highest BCUT2D eigenvalue weighted by Crippen LogP contribution is 2.53. The van der Waals surface area contributed by atoms with E-state index in [1.54, 1.807) is 44.6 Å². The number of amides is 1. The molecule has 1 saturated heterocycles. The molecule has 0 radical (unpaired) electrons. The van der Waals surface area contributed by atoms with Crippen molar-refractivity contribution in [3.8, 4) is 5.88 Å². The molecule has 1 aromatic rings. The van der Waals surface area contributed by atoms with E-state index in [0.29, 0.717) is 43.5 Å². The van der Waals surface area contributed by atoms with E-state index in [-0.39, 0.29) is 25.3 Å². The smallest absolute Gasteiger partial charge is 0.395 e. The van der Waals surface area contributed by atoms with Crippen molar-refractivity contribution in [2.75, 3.05) is 40.3 Å². The van der Waals surface area contributed by atoms with Crippen molar-refractivity contribution in [1.82, 2.24) is 14.8 Å². The van der Waals surface area contributed by atoms with Gasteiger partial charge in [0.2, 0.25) is 5.88 Å².